The maximum atomic E-state index is 4.67. The van der Waals surface area contributed by atoms with E-state index in [-0.39, 0.29) is 0 Å². The number of hydrogen-bond donors (Lipinski definition) is 1. The van der Waals surface area contributed by atoms with Crippen molar-refractivity contribution >= 4 is 16.3 Å². The molecule has 1 fully saturated rings. The number of aromatic nitrogens is 2. The molecule has 1 aliphatic rings. The summed E-state index contributed by atoms with van der Waals surface area (Å²) in [6, 6.07) is 0.671. The van der Waals surface area contributed by atoms with Crippen molar-refractivity contribution in [2.45, 2.75) is 59.5 Å². The van der Waals surface area contributed by atoms with Gasteiger partial charge in [0.15, 0.2) is 4.96 Å². The van der Waals surface area contributed by atoms with E-state index in [4.69, 9.17) is 0 Å². The van der Waals surface area contributed by atoms with Gasteiger partial charge in [-0.15, -0.1) is 11.3 Å². The Morgan fingerprint density at radius 2 is 2.10 bits per heavy atom. The van der Waals surface area contributed by atoms with Crippen LogP contribution in [0.15, 0.2) is 5.38 Å². The summed E-state index contributed by atoms with van der Waals surface area (Å²) < 4.78 is 2.31. The molecular formula is C16H25N3S. The number of thiazole rings is 1. The molecule has 2 aromatic heterocycles. The number of nitrogens with one attached hydrogen (secondary N) is 1. The molecule has 3 rings (SSSR count). The lowest BCUT2D eigenvalue weighted by Gasteiger charge is -2.32. The van der Waals surface area contributed by atoms with Crippen molar-refractivity contribution in [3.8, 4) is 0 Å². The smallest absolute Gasteiger partial charge is 0.194 e. The summed E-state index contributed by atoms with van der Waals surface area (Å²) in [7, 11) is 0. The van der Waals surface area contributed by atoms with E-state index in [1.165, 1.54) is 36.3 Å². The molecular weight excluding hydrogens is 266 g/mol. The minimum absolute atomic E-state index is 0.671. The molecule has 20 heavy (non-hydrogen) atoms. The Kier molecular flexibility index (Phi) is 3.87. The average Bonchev–Trinajstić information content (AvgIpc) is 2.91. The fourth-order valence-corrected chi connectivity index (χ4v) is 4.28. The lowest BCUT2D eigenvalue weighted by atomic mass is 9.79. The quantitative estimate of drug-likeness (QED) is 0.928. The Morgan fingerprint density at radius 1 is 1.30 bits per heavy atom. The van der Waals surface area contributed by atoms with Crippen molar-refractivity contribution in [1.29, 1.82) is 0 Å². The van der Waals surface area contributed by atoms with Crippen LogP contribution in [-0.4, -0.2) is 15.4 Å². The van der Waals surface area contributed by atoms with Crippen LogP contribution in [0.1, 0.15) is 50.2 Å². The number of hydrogen-bond acceptors (Lipinski definition) is 3. The predicted molar refractivity (Wildman–Crippen MR) is 85.3 cm³/mol. The summed E-state index contributed by atoms with van der Waals surface area (Å²) >= 11 is 1.74. The third-order valence-corrected chi connectivity index (χ3v) is 5.93. The lowest BCUT2D eigenvalue weighted by Crippen LogP contribution is -2.36. The van der Waals surface area contributed by atoms with Gasteiger partial charge in [0.1, 0.15) is 0 Å². The first-order valence-electron chi connectivity index (χ1n) is 7.71. The van der Waals surface area contributed by atoms with Crippen molar-refractivity contribution in [3.05, 3.63) is 22.5 Å². The van der Waals surface area contributed by atoms with E-state index >= 15 is 0 Å². The van der Waals surface area contributed by atoms with Crippen LogP contribution in [0.3, 0.4) is 0 Å². The van der Waals surface area contributed by atoms with Crippen molar-refractivity contribution < 1.29 is 0 Å². The van der Waals surface area contributed by atoms with E-state index in [0.29, 0.717) is 6.04 Å². The molecule has 0 bridgehead atoms. The fraction of sp³-hybridized carbons (Fsp3) is 0.688. The molecule has 3 atom stereocenters. The molecule has 2 aromatic rings. The first kappa shape index (κ1) is 14.1. The highest BCUT2D eigenvalue weighted by molar-refractivity contribution is 7.15. The van der Waals surface area contributed by atoms with E-state index in [1.54, 1.807) is 11.3 Å². The molecule has 0 aliphatic heterocycles. The third kappa shape index (κ3) is 2.51. The Balaban J connectivity index is 1.71. The highest BCUT2D eigenvalue weighted by Gasteiger charge is 2.24. The van der Waals surface area contributed by atoms with Gasteiger partial charge in [0.05, 0.1) is 11.4 Å². The topological polar surface area (TPSA) is 29.3 Å². The van der Waals surface area contributed by atoms with Crippen molar-refractivity contribution in [2.24, 2.45) is 11.8 Å². The van der Waals surface area contributed by atoms with Crippen LogP contribution in [-0.2, 0) is 6.54 Å². The van der Waals surface area contributed by atoms with E-state index in [0.717, 1.165) is 23.3 Å². The summed E-state index contributed by atoms with van der Waals surface area (Å²) in [5, 5.41) is 5.96. The summed E-state index contributed by atoms with van der Waals surface area (Å²) in [5.74, 6) is 1.73. The monoisotopic (exact) mass is 291 g/mol. The van der Waals surface area contributed by atoms with Gasteiger partial charge in [0, 0.05) is 23.7 Å². The molecule has 110 valence electrons. The second-order valence-corrected chi connectivity index (χ2v) is 7.32. The zero-order valence-corrected chi connectivity index (χ0v) is 13.8. The molecule has 1 saturated carbocycles. The molecule has 4 heteroatoms. The molecule has 1 aliphatic carbocycles. The highest BCUT2D eigenvalue weighted by Crippen LogP contribution is 2.29. The minimum atomic E-state index is 0.671. The van der Waals surface area contributed by atoms with Crippen LogP contribution >= 0.6 is 11.3 Å². The van der Waals surface area contributed by atoms with E-state index < -0.39 is 0 Å². The maximum Gasteiger partial charge on any atom is 0.194 e. The van der Waals surface area contributed by atoms with Crippen LogP contribution in [0.4, 0.5) is 0 Å². The SMILES string of the molecule is Cc1nc2scc(C)n2c1CNC1CCC(C)C(C)C1. The fourth-order valence-electron chi connectivity index (χ4n) is 3.35. The number of fused-ring (bicyclic) bond motifs is 1. The van der Waals surface area contributed by atoms with Gasteiger partial charge in [-0.25, -0.2) is 4.98 Å². The van der Waals surface area contributed by atoms with E-state index in [1.807, 2.05) is 0 Å². The van der Waals surface area contributed by atoms with Gasteiger partial charge in [0.25, 0.3) is 0 Å². The van der Waals surface area contributed by atoms with Gasteiger partial charge in [-0.2, -0.15) is 0 Å². The Labute approximate surface area is 125 Å². The highest BCUT2D eigenvalue weighted by atomic mass is 32.1. The first-order chi connectivity index (χ1) is 9.56. The average molecular weight is 291 g/mol. The summed E-state index contributed by atoms with van der Waals surface area (Å²) in [4.78, 5) is 5.79. The minimum Gasteiger partial charge on any atom is -0.308 e. The van der Waals surface area contributed by atoms with Crippen molar-refractivity contribution in [2.75, 3.05) is 0 Å². The van der Waals surface area contributed by atoms with Crippen LogP contribution in [0, 0.1) is 25.7 Å². The Bertz CT molecular complexity index is 598. The molecule has 0 amide bonds. The van der Waals surface area contributed by atoms with Crippen molar-refractivity contribution in [1.82, 2.24) is 14.7 Å². The Hall–Kier alpha value is -0.870. The molecule has 3 unspecified atom stereocenters. The van der Waals surface area contributed by atoms with Gasteiger partial charge < -0.3 is 5.32 Å². The van der Waals surface area contributed by atoms with E-state index in [2.05, 4.69) is 47.8 Å². The maximum absolute atomic E-state index is 4.67. The second-order valence-electron chi connectivity index (χ2n) is 6.48. The zero-order chi connectivity index (χ0) is 14.3. The molecule has 3 nitrogen and oxygen atoms in total. The van der Waals surface area contributed by atoms with Crippen molar-refractivity contribution in [3.63, 3.8) is 0 Å². The lowest BCUT2D eigenvalue weighted by molar-refractivity contribution is 0.225. The van der Waals surface area contributed by atoms with Crippen LogP contribution in [0.25, 0.3) is 4.96 Å². The number of imidazole rings is 1. The molecule has 1 N–H and O–H groups in total. The number of aryl methyl sites for hydroxylation is 2. The van der Waals surface area contributed by atoms with Gasteiger partial charge in [-0.1, -0.05) is 13.8 Å². The van der Waals surface area contributed by atoms with Gasteiger partial charge in [-0.3, -0.25) is 4.40 Å². The van der Waals surface area contributed by atoms with Gasteiger partial charge in [-0.05, 0) is 44.9 Å². The Morgan fingerprint density at radius 3 is 2.85 bits per heavy atom. The standard InChI is InChI=1S/C16H25N3S/c1-10-5-6-14(7-11(10)2)17-8-15-13(4)18-16-19(15)12(3)9-20-16/h9-11,14,17H,5-8H2,1-4H3. The molecule has 0 saturated heterocycles. The van der Waals surface area contributed by atoms with Crippen LogP contribution < -0.4 is 5.32 Å². The molecule has 0 spiro atoms. The summed E-state index contributed by atoms with van der Waals surface area (Å²) in [5.41, 5.74) is 3.81. The number of nitrogens with zero attached hydrogens (tertiary/aromatic N) is 2. The summed E-state index contributed by atoms with van der Waals surface area (Å²) in [6.45, 7) is 10.0. The number of rotatable bonds is 3. The van der Waals surface area contributed by atoms with Gasteiger partial charge in [0.2, 0.25) is 0 Å². The summed E-state index contributed by atoms with van der Waals surface area (Å²) in [6.07, 6.45) is 3.98. The van der Waals surface area contributed by atoms with Crippen LogP contribution in [0.5, 0.6) is 0 Å². The second kappa shape index (κ2) is 5.49. The largest absolute Gasteiger partial charge is 0.308 e. The predicted octanol–water partition coefficient (Wildman–Crippen LogP) is 3.93. The molecule has 0 radical (unpaired) electrons. The zero-order valence-electron chi connectivity index (χ0n) is 12.9. The van der Waals surface area contributed by atoms with E-state index in [9.17, 15) is 0 Å². The third-order valence-electron chi connectivity index (χ3n) is 4.99. The van der Waals surface area contributed by atoms with Crippen LogP contribution in [0.2, 0.25) is 0 Å². The first-order valence-corrected chi connectivity index (χ1v) is 8.59. The normalized spacial score (nSPS) is 27.3. The molecule has 0 aromatic carbocycles. The molecule has 2 heterocycles. The van der Waals surface area contributed by atoms with Gasteiger partial charge >= 0.3 is 0 Å².